The van der Waals surface area contributed by atoms with E-state index in [9.17, 15) is 4.79 Å². The second-order valence-corrected chi connectivity index (χ2v) is 3.48. The van der Waals surface area contributed by atoms with Crippen LogP contribution >= 0.6 is 23.1 Å². The van der Waals surface area contributed by atoms with E-state index >= 15 is 0 Å². The molecule has 0 saturated carbocycles. The lowest BCUT2D eigenvalue weighted by molar-refractivity contribution is 0.112. The first-order valence-electron chi connectivity index (χ1n) is 2.45. The minimum atomic E-state index is 0.813. The van der Waals surface area contributed by atoms with Crippen molar-refractivity contribution in [3.05, 3.63) is 17.0 Å². The fourth-order valence-electron chi connectivity index (χ4n) is 0.559. The first-order valence-corrected chi connectivity index (χ1v) is 4.55. The van der Waals surface area contributed by atoms with Crippen LogP contribution in [0, 0.1) is 0 Å². The zero-order valence-corrected chi connectivity index (χ0v) is 6.59. The first kappa shape index (κ1) is 6.83. The molecule has 0 bridgehead atoms. The molecule has 1 nitrogen and oxygen atoms in total. The molecule has 3 heteroatoms. The molecule has 0 unspecified atom stereocenters. The van der Waals surface area contributed by atoms with Crippen LogP contribution in [-0.2, 0) is 0 Å². The molecule has 0 radical (unpaired) electrons. The molecule has 1 heterocycles. The summed E-state index contributed by atoms with van der Waals surface area (Å²) in [5.41, 5.74) is 0.813. The highest BCUT2D eigenvalue weighted by atomic mass is 32.2. The molecule has 0 spiro atoms. The van der Waals surface area contributed by atoms with Crippen LogP contribution in [0.25, 0.3) is 0 Å². The van der Waals surface area contributed by atoms with Crippen LogP contribution < -0.4 is 0 Å². The van der Waals surface area contributed by atoms with Gasteiger partial charge in [0.2, 0.25) is 0 Å². The van der Waals surface area contributed by atoms with E-state index in [4.69, 9.17) is 0 Å². The van der Waals surface area contributed by atoms with Crippen LogP contribution in [0.1, 0.15) is 10.4 Å². The van der Waals surface area contributed by atoms with Gasteiger partial charge in [-0.1, -0.05) is 0 Å². The smallest absolute Gasteiger partial charge is 0.152 e. The highest BCUT2D eigenvalue weighted by Gasteiger charge is 1.98. The summed E-state index contributed by atoms with van der Waals surface area (Å²) in [4.78, 5) is 10.2. The first-order chi connectivity index (χ1) is 4.38. The molecule has 0 aliphatic heterocycles. The molecule has 0 N–H and O–H groups in total. The van der Waals surface area contributed by atoms with Crippen LogP contribution in [0.4, 0.5) is 0 Å². The number of hydrogen-bond donors (Lipinski definition) is 0. The van der Waals surface area contributed by atoms with E-state index in [1.807, 2.05) is 17.7 Å². The zero-order valence-electron chi connectivity index (χ0n) is 4.96. The number of thioether (sulfide) groups is 1. The van der Waals surface area contributed by atoms with Crippen molar-refractivity contribution >= 4 is 29.4 Å². The molecular formula is C6H6OS2. The quantitative estimate of drug-likeness (QED) is 0.485. The summed E-state index contributed by atoms with van der Waals surface area (Å²) in [6.45, 7) is 0. The molecule has 0 saturated heterocycles. The van der Waals surface area contributed by atoms with Gasteiger partial charge >= 0.3 is 0 Å². The Morgan fingerprint density at radius 3 is 3.00 bits per heavy atom. The second-order valence-electron chi connectivity index (χ2n) is 1.49. The van der Waals surface area contributed by atoms with Crippen molar-refractivity contribution in [2.75, 3.05) is 6.26 Å². The van der Waals surface area contributed by atoms with Gasteiger partial charge in [-0.05, 0) is 17.7 Å². The molecule has 0 atom stereocenters. The molecule has 1 aromatic heterocycles. The molecule has 1 rings (SSSR count). The Bertz CT molecular complexity index is 205. The largest absolute Gasteiger partial charge is 0.298 e. The Kier molecular flexibility index (Phi) is 2.30. The minimum absolute atomic E-state index is 0.813. The summed E-state index contributed by atoms with van der Waals surface area (Å²) < 4.78 is 1.10. The summed E-state index contributed by atoms with van der Waals surface area (Å²) in [6.07, 6.45) is 2.86. The number of carbonyl (C=O) groups is 1. The third-order valence-electron chi connectivity index (χ3n) is 0.971. The summed E-state index contributed by atoms with van der Waals surface area (Å²) in [5, 5.41) is 1.93. The van der Waals surface area contributed by atoms with Gasteiger partial charge in [-0.2, -0.15) is 0 Å². The maximum Gasteiger partial charge on any atom is 0.152 e. The maximum absolute atomic E-state index is 10.2. The van der Waals surface area contributed by atoms with Crippen molar-refractivity contribution < 1.29 is 4.79 Å². The van der Waals surface area contributed by atoms with Gasteiger partial charge in [-0.25, -0.2) is 0 Å². The van der Waals surface area contributed by atoms with E-state index in [1.54, 1.807) is 23.1 Å². The summed E-state index contributed by atoms with van der Waals surface area (Å²) >= 11 is 3.22. The van der Waals surface area contributed by atoms with Crippen molar-refractivity contribution in [1.29, 1.82) is 0 Å². The van der Waals surface area contributed by atoms with Crippen molar-refractivity contribution in [3.63, 3.8) is 0 Å². The highest BCUT2D eigenvalue weighted by Crippen LogP contribution is 2.24. The van der Waals surface area contributed by atoms with Crippen LogP contribution in [0.2, 0.25) is 0 Å². The number of carbonyl (C=O) groups excluding carboxylic acids is 1. The van der Waals surface area contributed by atoms with Crippen molar-refractivity contribution in [2.45, 2.75) is 4.21 Å². The summed E-state index contributed by atoms with van der Waals surface area (Å²) in [6, 6.07) is 1.84. The van der Waals surface area contributed by atoms with E-state index in [1.165, 1.54) is 0 Å². The highest BCUT2D eigenvalue weighted by molar-refractivity contribution is 8.00. The summed E-state index contributed by atoms with van der Waals surface area (Å²) in [5.74, 6) is 0. The lowest BCUT2D eigenvalue weighted by Crippen LogP contribution is -1.72. The lowest BCUT2D eigenvalue weighted by Gasteiger charge is -1.86. The van der Waals surface area contributed by atoms with Gasteiger partial charge in [0.1, 0.15) is 0 Å². The van der Waals surface area contributed by atoms with E-state index < -0.39 is 0 Å². The predicted molar refractivity (Wildman–Crippen MR) is 41.5 cm³/mol. The molecule has 48 valence electrons. The Labute approximate surface area is 62.1 Å². The average Bonchev–Trinajstić information content (AvgIpc) is 2.33. The van der Waals surface area contributed by atoms with E-state index in [2.05, 4.69) is 0 Å². The van der Waals surface area contributed by atoms with Crippen molar-refractivity contribution in [1.82, 2.24) is 0 Å². The molecule has 1 aromatic rings. The molecule has 0 aromatic carbocycles. The van der Waals surface area contributed by atoms with Crippen molar-refractivity contribution in [3.8, 4) is 0 Å². The Morgan fingerprint density at radius 1 is 1.78 bits per heavy atom. The Morgan fingerprint density at radius 2 is 2.56 bits per heavy atom. The summed E-state index contributed by atoms with van der Waals surface area (Å²) in [7, 11) is 0. The van der Waals surface area contributed by atoms with Crippen LogP contribution in [0.15, 0.2) is 15.7 Å². The molecule has 9 heavy (non-hydrogen) atoms. The van der Waals surface area contributed by atoms with Gasteiger partial charge in [-0.15, -0.1) is 23.1 Å². The van der Waals surface area contributed by atoms with E-state index in [0.717, 1.165) is 16.1 Å². The second kappa shape index (κ2) is 3.03. The predicted octanol–water partition coefficient (Wildman–Crippen LogP) is 2.28. The minimum Gasteiger partial charge on any atom is -0.298 e. The SMILES string of the molecule is CSc1sccc1C=O. The standard InChI is InChI=1S/C6H6OS2/c1-8-6-5(4-7)2-3-9-6/h2-4H,1H3. The number of rotatable bonds is 2. The molecule has 0 aliphatic rings. The van der Waals surface area contributed by atoms with Crippen LogP contribution in [-0.4, -0.2) is 12.5 Å². The topological polar surface area (TPSA) is 17.1 Å². The van der Waals surface area contributed by atoms with E-state index in [-0.39, 0.29) is 0 Å². The number of hydrogen-bond acceptors (Lipinski definition) is 3. The lowest BCUT2D eigenvalue weighted by atomic mass is 10.4. The number of thiophene rings is 1. The van der Waals surface area contributed by atoms with Gasteiger partial charge < -0.3 is 0 Å². The van der Waals surface area contributed by atoms with E-state index in [0.29, 0.717) is 0 Å². The van der Waals surface area contributed by atoms with Gasteiger partial charge in [-0.3, -0.25) is 4.79 Å². The third-order valence-corrected chi connectivity index (χ3v) is 3.09. The molecule has 0 aliphatic carbocycles. The molecule has 0 amide bonds. The fraction of sp³-hybridized carbons (Fsp3) is 0.167. The maximum atomic E-state index is 10.2. The normalized spacial score (nSPS) is 9.44. The van der Waals surface area contributed by atoms with Crippen LogP contribution in [0.5, 0.6) is 0 Å². The van der Waals surface area contributed by atoms with Crippen molar-refractivity contribution in [2.24, 2.45) is 0 Å². The van der Waals surface area contributed by atoms with Crippen LogP contribution in [0.3, 0.4) is 0 Å². The van der Waals surface area contributed by atoms with Gasteiger partial charge in [0.15, 0.2) is 6.29 Å². The molecule has 0 fully saturated rings. The van der Waals surface area contributed by atoms with Gasteiger partial charge in [0.25, 0.3) is 0 Å². The Hall–Kier alpha value is -0.280. The van der Waals surface area contributed by atoms with Gasteiger partial charge in [0, 0.05) is 5.56 Å². The monoisotopic (exact) mass is 158 g/mol. The third kappa shape index (κ3) is 1.34. The van der Waals surface area contributed by atoms with Gasteiger partial charge in [0.05, 0.1) is 4.21 Å². The fourth-order valence-corrected chi connectivity index (χ4v) is 2.05. The zero-order chi connectivity index (χ0) is 6.69. The Balaban J connectivity index is 2.98. The molecular weight excluding hydrogens is 152 g/mol. The average molecular weight is 158 g/mol. The number of aldehydes is 1.